The highest BCUT2D eigenvalue weighted by Gasteiger charge is 2.28. The zero-order valence-electron chi connectivity index (χ0n) is 16.9. The van der Waals surface area contributed by atoms with Crippen LogP contribution in [0, 0.1) is 0 Å². The van der Waals surface area contributed by atoms with Gasteiger partial charge in [0.15, 0.2) is 6.10 Å². The fraction of sp³-hybridized carbons (Fsp3) is 0.364. The Kier molecular flexibility index (Phi) is 6.99. The van der Waals surface area contributed by atoms with Crippen LogP contribution in [0.15, 0.2) is 53.7 Å². The van der Waals surface area contributed by atoms with Crippen molar-refractivity contribution in [3.63, 3.8) is 0 Å². The smallest absolute Gasteiger partial charge is 0.318 e. The van der Waals surface area contributed by atoms with Crippen LogP contribution in [0.5, 0.6) is 5.75 Å². The molecule has 0 saturated carbocycles. The number of rotatable bonds is 7. The van der Waals surface area contributed by atoms with Gasteiger partial charge in [-0.05, 0) is 37.6 Å². The standard InChI is InChI=1S/C22H26ClN3O3/c1-15(2)24-22(27)26(13-16-7-6-8-17(11-16)28-3)14-18-12-21(25-29-18)19-9-4-5-10-20(19)23/h4-11,15,18H,12-14H2,1-3H3,(H,24,27)/t18-/m0/s1. The van der Waals surface area contributed by atoms with Crippen molar-refractivity contribution in [2.24, 2.45) is 5.16 Å². The molecule has 0 radical (unpaired) electrons. The Hall–Kier alpha value is -2.73. The maximum absolute atomic E-state index is 12.8. The largest absolute Gasteiger partial charge is 0.497 e. The SMILES string of the molecule is COc1cccc(CN(C[C@@H]2CC(c3ccccc3Cl)=NO2)C(=O)NC(C)C)c1. The molecule has 3 rings (SSSR count). The van der Waals surface area contributed by atoms with Crippen molar-refractivity contribution in [2.45, 2.75) is 39.0 Å². The first-order chi connectivity index (χ1) is 14.0. The van der Waals surface area contributed by atoms with Crippen LogP contribution in [0.2, 0.25) is 5.02 Å². The third-order valence-electron chi connectivity index (χ3n) is 4.55. The molecule has 0 fully saturated rings. The van der Waals surface area contributed by atoms with E-state index in [-0.39, 0.29) is 18.2 Å². The summed E-state index contributed by atoms with van der Waals surface area (Å²) >= 11 is 6.28. The van der Waals surface area contributed by atoms with Crippen LogP contribution in [-0.4, -0.2) is 42.4 Å². The molecule has 2 aromatic rings. The number of ether oxygens (including phenoxy) is 1. The van der Waals surface area contributed by atoms with E-state index in [2.05, 4.69) is 10.5 Å². The van der Waals surface area contributed by atoms with Crippen molar-refractivity contribution in [2.75, 3.05) is 13.7 Å². The summed E-state index contributed by atoms with van der Waals surface area (Å²) in [5.41, 5.74) is 2.64. The minimum Gasteiger partial charge on any atom is -0.497 e. The van der Waals surface area contributed by atoms with E-state index in [1.165, 1.54) is 0 Å². The number of hydrogen-bond acceptors (Lipinski definition) is 4. The van der Waals surface area contributed by atoms with Crippen molar-refractivity contribution >= 4 is 23.3 Å². The first kappa shape index (κ1) is 21.0. The van der Waals surface area contributed by atoms with Gasteiger partial charge in [0.1, 0.15) is 5.75 Å². The number of carbonyl (C=O) groups excluding carboxylic acids is 1. The summed E-state index contributed by atoms with van der Waals surface area (Å²) in [6.07, 6.45) is 0.359. The number of nitrogens with one attached hydrogen (secondary N) is 1. The quantitative estimate of drug-likeness (QED) is 0.726. The second-order valence-electron chi connectivity index (χ2n) is 7.29. The van der Waals surface area contributed by atoms with Crippen LogP contribution in [0.4, 0.5) is 4.79 Å². The summed E-state index contributed by atoms with van der Waals surface area (Å²) in [5.74, 6) is 0.758. The van der Waals surface area contributed by atoms with Gasteiger partial charge < -0.3 is 19.8 Å². The number of nitrogens with zero attached hydrogens (tertiary/aromatic N) is 2. The monoisotopic (exact) mass is 415 g/mol. The Morgan fingerprint density at radius 1 is 1.31 bits per heavy atom. The maximum atomic E-state index is 12.8. The molecule has 0 unspecified atom stereocenters. The van der Waals surface area contributed by atoms with Gasteiger partial charge in [-0.15, -0.1) is 0 Å². The van der Waals surface area contributed by atoms with Gasteiger partial charge in [-0.25, -0.2) is 4.79 Å². The molecule has 0 aliphatic carbocycles. The fourth-order valence-electron chi connectivity index (χ4n) is 3.18. The lowest BCUT2D eigenvalue weighted by Crippen LogP contribution is -2.45. The van der Waals surface area contributed by atoms with E-state index in [1.807, 2.05) is 62.4 Å². The van der Waals surface area contributed by atoms with Gasteiger partial charge in [0.05, 0.1) is 19.4 Å². The van der Waals surface area contributed by atoms with Crippen LogP contribution in [-0.2, 0) is 11.4 Å². The fourth-order valence-corrected chi connectivity index (χ4v) is 3.42. The zero-order chi connectivity index (χ0) is 20.8. The molecule has 1 atom stereocenters. The predicted molar refractivity (Wildman–Crippen MR) is 115 cm³/mol. The molecular formula is C22H26ClN3O3. The molecule has 2 amide bonds. The van der Waals surface area contributed by atoms with Gasteiger partial charge in [0.25, 0.3) is 0 Å². The van der Waals surface area contributed by atoms with E-state index in [9.17, 15) is 4.79 Å². The minimum absolute atomic E-state index is 0.0368. The van der Waals surface area contributed by atoms with Crippen molar-refractivity contribution < 1.29 is 14.4 Å². The van der Waals surface area contributed by atoms with Crippen LogP contribution in [0.1, 0.15) is 31.4 Å². The Bertz CT molecular complexity index is 885. The van der Waals surface area contributed by atoms with E-state index >= 15 is 0 Å². The van der Waals surface area contributed by atoms with Gasteiger partial charge in [-0.1, -0.05) is 47.1 Å². The first-order valence-corrected chi connectivity index (χ1v) is 10.00. The summed E-state index contributed by atoms with van der Waals surface area (Å²) < 4.78 is 5.29. The Morgan fingerprint density at radius 3 is 2.83 bits per heavy atom. The van der Waals surface area contributed by atoms with Crippen LogP contribution < -0.4 is 10.1 Å². The highest BCUT2D eigenvalue weighted by atomic mass is 35.5. The summed E-state index contributed by atoms with van der Waals surface area (Å²) in [6, 6.07) is 15.1. The van der Waals surface area contributed by atoms with E-state index in [0.717, 1.165) is 22.6 Å². The molecule has 0 spiro atoms. The molecule has 1 aliphatic heterocycles. The number of amides is 2. The third kappa shape index (κ3) is 5.64. The molecule has 1 N–H and O–H groups in total. The normalized spacial score (nSPS) is 15.6. The molecule has 0 saturated heterocycles. The van der Waals surface area contributed by atoms with Crippen LogP contribution in [0.3, 0.4) is 0 Å². The molecule has 29 heavy (non-hydrogen) atoms. The molecule has 1 aliphatic rings. The second kappa shape index (κ2) is 9.65. The number of methoxy groups -OCH3 is 1. The summed E-state index contributed by atoms with van der Waals surface area (Å²) in [4.78, 5) is 20.1. The average molecular weight is 416 g/mol. The Balaban J connectivity index is 1.70. The lowest BCUT2D eigenvalue weighted by atomic mass is 10.0. The zero-order valence-corrected chi connectivity index (χ0v) is 17.6. The van der Waals surface area contributed by atoms with Gasteiger partial charge in [0.2, 0.25) is 0 Å². The summed E-state index contributed by atoms with van der Waals surface area (Å²) in [5, 5.41) is 7.81. The number of benzene rings is 2. The van der Waals surface area contributed by atoms with Crippen LogP contribution in [0.25, 0.3) is 0 Å². The lowest BCUT2D eigenvalue weighted by Gasteiger charge is -2.26. The topological polar surface area (TPSA) is 63.2 Å². The van der Waals surface area contributed by atoms with E-state index in [4.69, 9.17) is 21.2 Å². The van der Waals surface area contributed by atoms with E-state index in [1.54, 1.807) is 12.0 Å². The van der Waals surface area contributed by atoms with E-state index < -0.39 is 0 Å². The highest BCUT2D eigenvalue weighted by molar-refractivity contribution is 6.34. The lowest BCUT2D eigenvalue weighted by molar-refractivity contribution is 0.0586. The Labute approximate surface area is 176 Å². The molecule has 1 heterocycles. The molecule has 7 heteroatoms. The number of carbonyl (C=O) groups is 1. The van der Waals surface area contributed by atoms with Gasteiger partial charge >= 0.3 is 6.03 Å². The van der Waals surface area contributed by atoms with Gasteiger partial charge in [-0.2, -0.15) is 0 Å². The van der Waals surface area contributed by atoms with Crippen LogP contribution >= 0.6 is 11.6 Å². The van der Waals surface area contributed by atoms with Crippen molar-refractivity contribution in [1.29, 1.82) is 0 Å². The molecule has 0 bridgehead atoms. The van der Waals surface area contributed by atoms with Crippen molar-refractivity contribution in [3.8, 4) is 5.75 Å². The number of halogens is 1. The number of oxime groups is 1. The third-order valence-corrected chi connectivity index (χ3v) is 4.88. The summed E-state index contributed by atoms with van der Waals surface area (Å²) in [7, 11) is 1.63. The predicted octanol–water partition coefficient (Wildman–Crippen LogP) is 4.46. The summed E-state index contributed by atoms with van der Waals surface area (Å²) in [6.45, 7) is 4.73. The highest BCUT2D eigenvalue weighted by Crippen LogP contribution is 2.24. The maximum Gasteiger partial charge on any atom is 0.318 e. The second-order valence-corrected chi connectivity index (χ2v) is 7.69. The molecule has 2 aromatic carbocycles. The van der Waals surface area contributed by atoms with Gasteiger partial charge in [0, 0.05) is 29.6 Å². The molecule has 6 nitrogen and oxygen atoms in total. The van der Waals surface area contributed by atoms with Gasteiger partial charge in [-0.3, -0.25) is 0 Å². The number of hydrogen-bond donors (Lipinski definition) is 1. The van der Waals surface area contributed by atoms with Crippen molar-refractivity contribution in [1.82, 2.24) is 10.2 Å². The Morgan fingerprint density at radius 2 is 2.10 bits per heavy atom. The molecule has 0 aromatic heterocycles. The molecule has 154 valence electrons. The van der Waals surface area contributed by atoms with E-state index in [0.29, 0.717) is 24.5 Å². The minimum atomic E-state index is -0.232. The first-order valence-electron chi connectivity index (χ1n) is 9.62. The molecular weight excluding hydrogens is 390 g/mol. The van der Waals surface area contributed by atoms with Crippen molar-refractivity contribution in [3.05, 3.63) is 64.7 Å². The number of urea groups is 1. The average Bonchev–Trinajstić information content (AvgIpc) is 3.16.